The summed E-state index contributed by atoms with van der Waals surface area (Å²) in [5.74, 6) is 2.22. The maximum Gasteiger partial charge on any atom is 0.254 e. The lowest BCUT2D eigenvalue weighted by Gasteiger charge is -2.34. The van der Waals surface area contributed by atoms with E-state index in [4.69, 9.17) is 20.9 Å². The predicted molar refractivity (Wildman–Crippen MR) is 265 cm³/mol. The number of aryl methyl sites for hydroxylation is 1. The number of ether oxygens (including phenoxy) is 2. The van der Waals surface area contributed by atoms with Gasteiger partial charge in [0.25, 0.3) is 11.8 Å². The van der Waals surface area contributed by atoms with Gasteiger partial charge >= 0.3 is 0 Å². The van der Waals surface area contributed by atoms with Gasteiger partial charge in [-0.25, -0.2) is 15.0 Å². The minimum atomic E-state index is -0.294. The molecule has 1 saturated heterocycles. The number of hydrogen-bond acceptors (Lipinski definition) is 16. The van der Waals surface area contributed by atoms with E-state index in [1.165, 1.54) is 12.4 Å². The number of nitrogen functional groups attached to an aromatic ring is 1. The second kappa shape index (κ2) is 26.2. The minimum Gasteiger partial charge on any atom is -0.491 e. The average Bonchev–Trinajstić information content (AvgIpc) is 3.57. The molecule has 0 radical (unpaired) electrons. The summed E-state index contributed by atoms with van der Waals surface area (Å²) in [7, 11) is 1.91. The number of rotatable bonds is 23. The van der Waals surface area contributed by atoms with Crippen LogP contribution in [0, 0.1) is 6.92 Å². The van der Waals surface area contributed by atoms with Crippen LogP contribution in [0.1, 0.15) is 33.5 Å². The molecule has 1 fully saturated rings. The molecule has 2 aliphatic heterocycles. The Morgan fingerprint density at radius 3 is 2.48 bits per heavy atom. The highest BCUT2D eigenvalue weighted by molar-refractivity contribution is 7.99. The minimum absolute atomic E-state index is 0.0566. The summed E-state index contributed by atoms with van der Waals surface area (Å²) in [6, 6.07) is 15.5. The molecule has 2 aliphatic rings. The van der Waals surface area contributed by atoms with Crippen LogP contribution in [-0.2, 0) is 27.4 Å². The van der Waals surface area contributed by atoms with Gasteiger partial charge in [-0.3, -0.25) is 29.3 Å². The molecule has 19 heteroatoms. The molecule has 0 spiro atoms. The molecular formula is C48H63N13O5S. The van der Waals surface area contributed by atoms with Crippen molar-refractivity contribution in [3.63, 3.8) is 0 Å². The fourth-order valence-corrected chi connectivity index (χ4v) is 8.36. The van der Waals surface area contributed by atoms with Crippen LogP contribution in [-0.4, -0.2) is 165 Å². The number of nitrogens with two attached hydrogens (primary N) is 2. The zero-order valence-electron chi connectivity index (χ0n) is 38.6. The van der Waals surface area contributed by atoms with Crippen LogP contribution < -0.4 is 31.7 Å². The zero-order valence-corrected chi connectivity index (χ0v) is 39.4. The van der Waals surface area contributed by atoms with Gasteiger partial charge in [0.15, 0.2) is 0 Å². The Hall–Kier alpha value is -6.25. The van der Waals surface area contributed by atoms with Gasteiger partial charge in [-0.15, -0.1) is 11.8 Å². The number of hydrogen-bond donors (Lipinski definition) is 4. The van der Waals surface area contributed by atoms with Crippen LogP contribution in [0.2, 0.25) is 0 Å². The van der Waals surface area contributed by atoms with Gasteiger partial charge in [-0.2, -0.15) is 0 Å². The maximum atomic E-state index is 13.8. The van der Waals surface area contributed by atoms with Crippen LogP contribution in [0.25, 0.3) is 11.1 Å². The number of benzene rings is 2. The van der Waals surface area contributed by atoms with Crippen molar-refractivity contribution in [1.82, 2.24) is 40.3 Å². The van der Waals surface area contributed by atoms with E-state index in [9.17, 15) is 14.4 Å². The molecule has 2 aromatic carbocycles. The van der Waals surface area contributed by atoms with Gasteiger partial charge in [0, 0.05) is 136 Å². The molecule has 0 atom stereocenters. The Morgan fingerprint density at radius 2 is 1.75 bits per heavy atom. The number of pyridine rings is 1. The topological polar surface area (TPSA) is 222 Å². The molecule has 0 aliphatic carbocycles. The van der Waals surface area contributed by atoms with Gasteiger partial charge < -0.3 is 46.3 Å². The highest BCUT2D eigenvalue weighted by Gasteiger charge is 2.24. The lowest BCUT2D eigenvalue weighted by molar-refractivity contribution is -0.132. The van der Waals surface area contributed by atoms with Gasteiger partial charge in [-0.05, 0) is 74.3 Å². The lowest BCUT2D eigenvalue weighted by Crippen LogP contribution is -2.49. The first-order valence-electron chi connectivity index (χ1n) is 22.6. The molecule has 2 aromatic heterocycles. The molecule has 6 N–H and O–H groups in total. The number of aliphatic imine (C=N–C) groups is 2. The molecule has 18 nitrogen and oxygen atoms in total. The van der Waals surface area contributed by atoms with E-state index in [2.05, 4.69) is 52.1 Å². The standard InChI is InChI=1S/C48H63N13O5S/c1-35-26-41(6-7-42(35)47(64)61-21-24-66-43-8-4-37(27-39(43)34-61)38-5-9-44(50)55-33-38)67-25-13-54-46(63)40(31-52-3)32-53-12-15-58(14-11-51-2)20-23-65-22-10-45(62)59-16-18-60(19-17-59)48-56-29-36(28-49)30-57-48/h4-9,26-27,29-33,51H,3,10-25,28,34,49H2,1-2H3,(H2,50,55)(H,54,63)/b40-31+,53-32-. The summed E-state index contributed by atoms with van der Waals surface area (Å²) in [6.07, 6.45) is 8.48. The van der Waals surface area contributed by atoms with Crippen LogP contribution in [0.3, 0.4) is 0 Å². The first-order chi connectivity index (χ1) is 32.6. The van der Waals surface area contributed by atoms with E-state index in [1.54, 1.807) is 36.4 Å². The molecule has 67 heavy (non-hydrogen) atoms. The number of thioether (sulfide) groups is 1. The Bertz CT molecular complexity index is 2320. The Balaban J connectivity index is 0.881. The number of carbonyl (C=O) groups excluding carboxylic acids is 3. The molecule has 0 bridgehead atoms. The van der Waals surface area contributed by atoms with E-state index in [-0.39, 0.29) is 17.7 Å². The largest absolute Gasteiger partial charge is 0.491 e. The van der Waals surface area contributed by atoms with Gasteiger partial charge in [-0.1, -0.05) is 6.07 Å². The zero-order chi connectivity index (χ0) is 47.4. The maximum absolute atomic E-state index is 13.8. The fraction of sp³-hybridized carbons (Fsp3) is 0.417. The first kappa shape index (κ1) is 50.2. The first-order valence-corrected chi connectivity index (χ1v) is 23.6. The summed E-state index contributed by atoms with van der Waals surface area (Å²) >= 11 is 1.59. The third-order valence-corrected chi connectivity index (χ3v) is 12.3. The van der Waals surface area contributed by atoms with Crippen LogP contribution in [0.4, 0.5) is 11.8 Å². The van der Waals surface area contributed by atoms with E-state index >= 15 is 0 Å². The molecule has 0 unspecified atom stereocenters. The Labute approximate surface area is 397 Å². The third kappa shape index (κ3) is 15.1. The number of carbonyl (C=O) groups is 3. The molecule has 6 rings (SSSR count). The van der Waals surface area contributed by atoms with Gasteiger partial charge in [0.05, 0.1) is 38.3 Å². The Kier molecular flexibility index (Phi) is 19.6. The van der Waals surface area contributed by atoms with Crippen molar-refractivity contribution in [3.8, 4) is 16.9 Å². The average molecular weight is 934 g/mol. The van der Waals surface area contributed by atoms with Crippen molar-refractivity contribution in [2.75, 3.05) is 115 Å². The van der Waals surface area contributed by atoms with Crippen molar-refractivity contribution in [2.45, 2.75) is 31.3 Å². The Morgan fingerprint density at radius 1 is 0.940 bits per heavy atom. The van der Waals surface area contributed by atoms with E-state index in [0.29, 0.717) is 127 Å². The van der Waals surface area contributed by atoms with Crippen molar-refractivity contribution in [3.05, 3.63) is 101 Å². The van der Waals surface area contributed by atoms with Crippen LogP contribution in [0.5, 0.6) is 5.75 Å². The predicted octanol–water partition coefficient (Wildman–Crippen LogP) is 3.06. The molecular weight excluding hydrogens is 871 g/mol. The lowest BCUT2D eigenvalue weighted by atomic mass is 10.0. The van der Waals surface area contributed by atoms with Crippen molar-refractivity contribution < 1.29 is 23.9 Å². The number of piperazine rings is 1. The van der Waals surface area contributed by atoms with Crippen LogP contribution >= 0.6 is 11.8 Å². The third-order valence-electron chi connectivity index (χ3n) is 11.3. The number of fused-ring (bicyclic) bond motifs is 1. The fourth-order valence-electron chi connectivity index (χ4n) is 7.50. The summed E-state index contributed by atoms with van der Waals surface area (Å²) in [6.45, 7) is 14.4. The molecule has 356 valence electrons. The number of aromatic nitrogens is 3. The van der Waals surface area contributed by atoms with Gasteiger partial charge in [0.2, 0.25) is 11.9 Å². The molecule has 3 amide bonds. The van der Waals surface area contributed by atoms with E-state index in [1.807, 2.05) is 66.2 Å². The summed E-state index contributed by atoms with van der Waals surface area (Å²) in [4.78, 5) is 70.1. The van der Waals surface area contributed by atoms with Crippen molar-refractivity contribution in [2.24, 2.45) is 15.7 Å². The monoisotopic (exact) mass is 933 g/mol. The smallest absolute Gasteiger partial charge is 0.254 e. The molecule has 4 aromatic rings. The highest BCUT2D eigenvalue weighted by atomic mass is 32.2. The quantitative estimate of drug-likeness (QED) is 0.0364. The van der Waals surface area contributed by atoms with Crippen LogP contribution in [0.15, 0.2) is 93.8 Å². The molecule has 4 heterocycles. The van der Waals surface area contributed by atoms with Crippen molar-refractivity contribution in [1.29, 1.82) is 0 Å². The number of anilines is 2. The highest BCUT2D eigenvalue weighted by Crippen LogP contribution is 2.30. The van der Waals surface area contributed by atoms with E-state index in [0.717, 1.165) is 51.6 Å². The SMILES string of the molecule is C=N/C=C(\C=N/CCN(CCNC)CCOCCC(=O)N1CCN(c2ncc(CN)cn2)CC1)C(=O)NCCSc1ccc(C(=O)N2CCOc3ccc(-c4ccc(N)nc4)cc3C2)c(C)c1. The number of nitrogens with one attached hydrogen (secondary N) is 2. The summed E-state index contributed by atoms with van der Waals surface area (Å²) in [5, 5.41) is 6.14. The second-order valence-corrected chi connectivity index (χ2v) is 17.2. The summed E-state index contributed by atoms with van der Waals surface area (Å²) in [5.41, 5.74) is 17.0. The number of amides is 3. The number of nitrogens with zero attached hydrogens (tertiary/aromatic N) is 9. The van der Waals surface area contributed by atoms with E-state index < -0.39 is 0 Å². The normalized spacial score (nSPS) is 14.2. The van der Waals surface area contributed by atoms with Crippen molar-refractivity contribution >= 4 is 54.2 Å². The second-order valence-electron chi connectivity index (χ2n) is 16.0. The van der Waals surface area contributed by atoms with Gasteiger partial charge in [0.1, 0.15) is 18.2 Å². The molecule has 0 saturated carbocycles. The number of likely N-dealkylation sites (N-methyl/N-ethyl adjacent to an activating group) is 1. The summed E-state index contributed by atoms with van der Waals surface area (Å²) < 4.78 is 11.9.